The number of ketones is 1. The van der Waals surface area contributed by atoms with Crippen LogP contribution in [-0.4, -0.2) is 46.4 Å². The highest BCUT2D eigenvalue weighted by molar-refractivity contribution is 6.42. The van der Waals surface area contributed by atoms with Crippen molar-refractivity contribution in [3.63, 3.8) is 0 Å². The summed E-state index contributed by atoms with van der Waals surface area (Å²) in [4.78, 5) is 52.2. The van der Waals surface area contributed by atoms with E-state index in [4.69, 9.17) is 23.2 Å². The second kappa shape index (κ2) is 9.43. The molecule has 0 spiro atoms. The number of likely N-dealkylation sites (tertiary alicyclic amines) is 2. The molecule has 32 heavy (non-hydrogen) atoms. The van der Waals surface area contributed by atoms with Crippen LogP contribution < -0.4 is 0 Å². The molecule has 2 aliphatic rings. The van der Waals surface area contributed by atoms with E-state index in [0.717, 1.165) is 5.56 Å². The van der Waals surface area contributed by atoms with Gasteiger partial charge < -0.3 is 4.90 Å². The monoisotopic (exact) mass is 472 g/mol. The molecule has 2 saturated heterocycles. The maximum absolute atomic E-state index is 12.9. The third-order valence-corrected chi connectivity index (χ3v) is 6.79. The van der Waals surface area contributed by atoms with Crippen molar-refractivity contribution in [1.82, 2.24) is 9.80 Å². The Hall–Kier alpha value is -2.70. The van der Waals surface area contributed by atoms with Gasteiger partial charge in [-0.25, -0.2) is 0 Å². The SMILES string of the molecule is O=C(c1ccc(Cl)c(Cl)c1)C1CCN(C(=O)c2ccc(CN3C(=O)CCC3=O)cc2)CC1. The van der Waals surface area contributed by atoms with Crippen LogP contribution in [0.15, 0.2) is 42.5 Å². The third kappa shape index (κ3) is 4.71. The Balaban J connectivity index is 1.34. The van der Waals surface area contributed by atoms with Gasteiger partial charge in [-0.15, -0.1) is 0 Å². The lowest BCUT2D eigenvalue weighted by Crippen LogP contribution is -2.40. The molecule has 2 heterocycles. The molecule has 4 rings (SSSR count). The minimum Gasteiger partial charge on any atom is -0.339 e. The first-order valence-corrected chi connectivity index (χ1v) is 11.3. The fourth-order valence-corrected chi connectivity index (χ4v) is 4.45. The number of amides is 3. The van der Waals surface area contributed by atoms with Crippen molar-refractivity contribution in [2.75, 3.05) is 13.1 Å². The molecule has 0 radical (unpaired) electrons. The van der Waals surface area contributed by atoms with E-state index in [1.165, 1.54) is 4.90 Å². The van der Waals surface area contributed by atoms with Crippen molar-refractivity contribution in [1.29, 1.82) is 0 Å². The first-order chi connectivity index (χ1) is 15.3. The molecule has 0 N–H and O–H groups in total. The van der Waals surface area contributed by atoms with Crippen molar-refractivity contribution in [3.8, 4) is 0 Å². The first-order valence-electron chi connectivity index (χ1n) is 10.5. The highest BCUT2D eigenvalue weighted by Gasteiger charge is 2.30. The lowest BCUT2D eigenvalue weighted by molar-refractivity contribution is -0.139. The number of benzene rings is 2. The average Bonchev–Trinajstić information content (AvgIpc) is 3.12. The van der Waals surface area contributed by atoms with Crippen LogP contribution in [-0.2, 0) is 16.1 Å². The zero-order valence-corrected chi connectivity index (χ0v) is 18.9. The summed E-state index contributed by atoms with van der Waals surface area (Å²) >= 11 is 12.0. The fraction of sp³-hybridized carbons (Fsp3) is 0.333. The van der Waals surface area contributed by atoms with Crippen LogP contribution in [0.2, 0.25) is 10.0 Å². The normalized spacial score (nSPS) is 17.2. The number of rotatable bonds is 5. The van der Waals surface area contributed by atoms with Crippen LogP contribution in [0, 0.1) is 5.92 Å². The van der Waals surface area contributed by atoms with Crippen molar-refractivity contribution in [3.05, 3.63) is 69.2 Å². The van der Waals surface area contributed by atoms with Gasteiger partial charge in [0.05, 0.1) is 16.6 Å². The van der Waals surface area contributed by atoms with Crippen LogP contribution in [0.3, 0.4) is 0 Å². The van der Waals surface area contributed by atoms with Crippen LogP contribution in [0.4, 0.5) is 0 Å². The van der Waals surface area contributed by atoms with Crippen LogP contribution >= 0.6 is 23.2 Å². The van der Waals surface area contributed by atoms with Gasteiger partial charge in [-0.1, -0.05) is 35.3 Å². The number of piperidine rings is 1. The van der Waals surface area contributed by atoms with Gasteiger partial charge >= 0.3 is 0 Å². The maximum atomic E-state index is 12.9. The summed E-state index contributed by atoms with van der Waals surface area (Å²) in [5, 5.41) is 0.764. The predicted octanol–water partition coefficient (Wildman–Crippen LogP) is 4.38. The number of imide groups is 1. The van der Waals surface area contributed by atoms with Crippen LogP contribution in [0.5, 0.6) is 0 Å². The molecule has 3 amide bonds. The van der Waals surface area contributed by atoms with Crippen molar-refractivity contribution >= 4 is 46.7 Å². The standard InChI is InChI=1S/C24H22Cl2N2O4/c25-19-6-5-18(13-20(19)26)23(31)16-9-11-27(12-10-16)24(32)17-3-1-15(2-4-17)14-28-21(29)7-8-22(28)30/h1-6,13,16H,7-12,14H2. The van der Waals surface area contributed by atoms with E-state index in [2.05, 4.69) is 0 Å². The van der Waals surface area contributed by atoms with E-state index in [9.17, 15) is 19.2 Å². The highest BCUT2D eigenvalue weighted by atomic mass is 35.5. The van der Waals surface area contributed by atoms with Gasteiger partial charge in [-0.2, -0.15) is 0 Å². The summed E-state index contributed by atoms with van der Waals surface area (Å²) < 4.78 is 0. The van der Waals surface area contributed by atoms with Crippen LogP contribution in [0.1, 0.15) is 52.0 Å². The Labute approximate surface area is 196 Å². The molecule has 0 aromatic heterocycles. The number of hydrogen-bond acceptors (Lipinski definition) is 4. The van der Waals surface area contributed by atoms with Crippen molar-refractivity contribution < 1.29 is 19.2 Å². The molecule has 2 fully saturated rings. The molecule has 0 atom stereocenters. The van der Waals surface area contributed by atoms with Gasteiger partial charge in [0, 0.05) is 43.0 Å². The number of hydrogen-bond donors (Lipinski definition) is 0. The molecule has 0 unspecified atom stereocenters. The molecule has 6 nitrogen and oxygen atoms in total. The topological polar surface area (TPSA) is 74.8 Å². The summed E-state index contributed by atoms with van der Waals surface area (Å²) in [7, 11) is 0. The average molecular weight is 473 g/mol. The Morgan fingerprint density at radius 2 is 1.44 bits per heavy atom. The van der Waals surface area contributed by atoms with E-state index >= 15 is 0 Å². The number of nitrogens with zero attached hydrogens (tertiary/aromatic N) is 2. The number of halogens is 2. The first kappa shape index (κ1) is 22.5. The van der Waals surface area contributed by atoms with Gasteiger partial charge in [0.2, 0.25) is 11.8 Å². The Kier molecular flexibility index (Phi) is 6.63. The molecule has 8 heteroatoms. The van der Waals surface area contributed by atoms with Gasteiger partial charge in [0.25, 0.3) is 5.91 Å². The Morgan fingerprint density at radius 3 is 2.03 bits per heavy atom. The third-order valence-electron chi connectivity index (χ3n) is 6.05. The zero-order valence-electron chi connectivity index (χ0n) is 17.4. The molecule has 0 bridgehead atoms. The summed E-state index contributed by atoms with van der Waals surface area (Å²) in [6, 6.07) is 11.9. The lowest BCUT2D eigenvalue weighted by Gasteiger charge is -2.31. The quantitative estimate of drug-likeness (QED) is 0.477. The highest BCUT2D eigenvalue weighted by Crippen LogP contribution is 2.27. The molecular weight excluding hydrogens is 451 g/mol. The van der Waals surface area contributed by atoms with Crippen LogP contribution in [0.25, 0.3) is 0 Å². The summed E-state index contributed by atoms with van der Waals surface area (Å²) in [6.07, 6.45) is 1.70. The molecule has 2 aliphatic heterocycles. The Morgan fingerprint density at radius 1 is 0.844 bits per heavy atom. The zero-order chi connectivity index (χ0) is 22.8. The lowest BCUT2D eigenvalue weighted by atomic mass is 9.88. The van der Waals surface area contributed by atoms with E-state index in [1.54, 1.807) is 47.4 Å². The number of Topliss-reactive ketones (excluding diaryl/α,β-unsaturated/α-hetero) is 1. The maximum Gasteiger partial charge on any atom is 0.253 e. The molecule has 2 aromatic carbocycles. The minimum absolute atomic E-state index is 0.0195. The van der Waals surface area contributed by atoms with Gasteiger partial charge in [-0.05, 0) is 48.7 Å². The molecule has 0 saturated carbocycles. The fourth-order valence-electron chi connectivity index (χ4n) is 4.15. The van der Waals surface area contributed by atoms with E-state index in [0.29, 0.717) is 47.1 Å². The summed E-state index contributed by atoms with van der Waals surface area (Å²) in [5.74, 6) is -0.549. The Bertz CT molecular complexity index is 1060. The summed E-state index contributed by atoms with van der Waals surface area (Å²) in [6.45, 7) is 1.22. The number of carbonyl (C=O) groups excluding carboxylic acids is 4. The largest absolute Gasteiger partial charge is 0.339 e. The number of carbonyl (C=O) groups is 4. The molecular formula is C24H22Cl2N2O4. The van der Waals surface area contributed by atoms with Gasteiger partial charge in [0.1, 0.15) is 0 Å². The van der Waals surface area contributed by atoms with E-state index < -0.39 is 0 Å². The molecule has 0 aliphatic carbocycles. The summed E-state index contributed by atoms with van der Waals surface area (Å²) in [5.41, 5.74) is 1.88. The molecule has 166 valence electrons. The second-order valence-corrected chi connectivity index (χ2v) is 8.94. The van der Waals surface area contributed by atoms with Crippen molar-refractivity contribution in [2.24, 2.45) is 5.92 Å². The van der Waals surface area contributed by atoms with Gasteiger partial charge in [-0.3, -0.25) is 24.1 Å². The predicted molar refractivity (Wildman–Crippen MR) is 121 cm³/mol. The van der Waals surface area contributed by atoms with E-state index in [-0.39, 0.29) is 48.8 Å². The van der Waals surface area contributed by atoms with Gasteiger partial charge in [0.15, 0.2) is 5.78 Å². The minimum atomic E-state index is -0.159. The van der Waals surface area contributed by atoms with E-state index in [1.807, 2.05) is 0 Å². The smallest absolute Gasteiger partial charge is 0.253 e. The second-order valence-electron chi connectivity index (χ2n) is 8.13. The molecule has 2 aromatic rings. The van der Waals surface area contributed by atoms with Crippen molar-refractivity contribution in [2.45, 2.75) is 32.2 Å².